The van der Waals surface area contributed by atoms with Crippen LogP contribution in [0.1, 0.15) is 11.1 Å². The van der Waals surface area contributed by atoms with Gasteiger partial charge >= 0.3 is 12.3 Å². The summed E-state index contributed by atoms with van der Waals surface area (Å²) in [5.41, 5.74) is -1.11. The molecule has 2 nitrogen and oxygen atoms in total. The molecule has 3 rings (SSSR count). The van der Waals surface area contributed by atoms with Gasteiger partial charge < -0.3 is 4.74 Å². The van der Waals surface area contributed by atoms with Gasteiger partial charge in [0.25, 0.3) is 0 Å². The molecule has 0 bridgehead atoms. The number of hydrogen-bond donors (Lipinski definition) is 0. The number of nitrogens with zero attached hydrogens (tertiary/aromatic N) is 1. The van der Waals surface area contributed by atoms with E-state index in [1.807, 2.05) is 0 Å². The SMILES string of the molecule is FC1(F)OC(c2ccccc2)=CC1=Nc1ccc(C(F)(F)F)cc1. The van der Waals surface area contributed by atoms with Gasteiger partial charge in [-0.15, -0.1) is 0 Å². The minimum atomic E-state index is -4.49. The number of aliphatic imine (C=N–C) groups is 1. The lowest BCUT2D eigenvalue weighted by Gasteiger charge is -2.12. The quantitative estimate of drug-likeness (QED) is 0.668. The van der Waals surface area contributed by atoms with Gasteiger partial charge in [0.05, 0.1) is 11.3 Å². The van der Waals surface area contributed by atoms with Crippen molar-refractivity contribution in [2.75, 3.05) is 0 Å². The Morgan fingerprint density at radius 1 is 0.875 bits per heavy atom. The van der Waals surface area contributed by atoms with Crippen LogP contribution in [0.4, 0.5) is 27.6 Å². The highest BCUT2D eigenvalue weighted by molar-refractivity contribution is 6.08. The van der Waals surface area contributed by atoms with Crippen molar-refractivity contribution in [1.82, 2.24) is 0 Å². The molecule has 2 aromatic carbocycles. The number of ether oxygens (including phenoxy) is 1. The van der Waals surface area contributed by atoms with Gasteiger partial charge in [-0.1, -0.05) is 30.3 Å². The van der Waals surface area contributed by atoms with Gasteiger partial charge in [-0.05, 0) is 24.3 Å². The molecule has 0 N–H and O–H groups in total. The molecule has 0 aromatic heterocycles. The monoisotopic (exact) mass is 339 g/mol. The molecule has 124 valence electrons. The van der Waals surface area contributed by atoms with E-state index in [0.717, 1.165) is 30.3 Å². The second kappa shape index (κ2) is 5.74. The summed E-state index contributed by atoms with van der Waals surface area (Å²) in [5.74, 6) is -0.0498. The maximum absolute atomic E-state index is 13.9. The lowest BCUT2D eigenvalue weighted by molar-refractivity contribution is -0.137. The van der Waals surface area contributed by atoms with Crippen LogP contribution in [0.25, 0.3) is 5.76 Å². The van der Waals surface area contributed by atoms with Crippen LogP contribution >= 0.6 is 0 Å². The lowest BCUT2D eigenvalue weighted by Crippen LogP contribution is -2.24. The predicted octanol–water partition coefficient (Wildman–Crippen LogP) is 5.44. The zero-order valence-electron chi connectivity index (χ0n) is 12.0. The van der Waals surface area contributed by atoms with E-state index in [1.54, 1.807) is 30.3 Å². The third kappa shape index (κ3) is 3.29. The summed E-state index contributed by atoms with van der Waals surface area (Å²) in [4.78, 5) is 3.71. The van der Waals surface area contributed by atoms with Gasteiger partial charge in [-0.25, -0.2) is 4.99 Å². The minimum absolute atomic E-state index is 0.0214. The summed E-state index contributed by atoms with van der Waals surface area (Å²) in [5, 5.41) is 0. The van der Waals surface area contributed by atoms with E-state index in [1.165, 1.54) is 0 Å². The van der Waals surface area contributed by atoms with E-state index in [0.29, 0.717) is 5.56 Å². The molecule has 2 aromatic rings. The zero-order chi connectivity index (χ0) is 17.4. The van der Waals surface area contributed by atoms with Crippen LogP contribution in [0.2, 0.25) is 0 Å². The molecule has 0 atom stereocenters. The van der Waals surface area contributed by atoms with Crippen molar-refractivity contribution in [2.45, 2.75) is 12.3 Å². The Kier molecular flexibility index (Phi) is 3.87. The maximum atomic E-state index is 13.9. The first-order valence-electron chi connectivity index (χ1n) is 6.86. The molecule has 0 amide bonds. The van der Waals surface area contributed by atoms with Crippen LogP contribution in [0, 0.1) is 0 Å². The van der Waals surface area contributed by atoms with E-state index in [2.05, 4.69) is 9.73 Å². The maximum Gasteiger partial charge on any atom is 0.444 e. The Morgan fingerprint density at radius 3 is 2.08 bits per heavy atom. The fourth-order valence-corrected chi connectivity index (χ4v) is 2.13. The summed E-state index contributed by atoms with van der Waals surface area (Å²) in [6.45, 7) is 0. The van der Waals surface area contributed by atoms with Crippen LogP contribution < -0.4 is 0 Å². The summed E-state index contributed by atoms with van der Waals surface area (Å²) < 4.78 is 69.9. The highest BCUT2D eigenvalue weighted by Gasteiger charge is 2.44. The molecule has 0 saturated heterocycles. The molecular weight excluding hydrogens is 329 g/mol. The molecule has 1 aliphatic heterocycles. The highest BCUT2D eigenvalue weighted by Crippen LogP contribution is 2.36. The van der Waals surface area contributed by atoms with E-state index < -0.39 is 23.6 Å². The average molecular weight is 339 g/mol. The first-order valence-corrected chi connectivity index (χ1v) is 6.86. The lowest BCUT2D eigenvalue weighted by atomic mass is 10.2. The molecule has 0 fully saturated rings. The molecule has 24 heavy (non-hydrogen) atoms. The predicted molar refractivity (Wildman–Crippen MR) is 79.0 cm³/mol. The Hall–Kier alpha value is -2.70. The van der Waals surface area contributed by atoms with Gasteiger partial charge in [-0.2, -0.15) is 22.0 Å². The third-order valence-corrected chi connectivity index (χ3v) is 3.31. The number of benzene rings is 2. The van der Waals surface area contributed by atoms with Crippen LogP contribution in [0.5, 0.6) is 0 Å². The van der Waals surface area contributed by atoms with Crippen molar-refractivity contribution in [3.8, 4) is 0 Å². The van der Waals surface area contributed by atoms with Gasteiger partial charge in [0.2, 0.25) is 0 Å². The Labute approximate surface area is 133 Å². The minimum Gasteiger partial charge on any atom is -0.427 e. The van der Waals surface area contributed by atoms with Crippen molar-refractivity contribution in [3.05, 3.63) is 71.8 Å². The second-order valence-electron chi connectivity index (χ2n) is 5.04. The van der Waals surface area contributed by atoms with Gasteiger partial charge in [0, 0.05) is 11.6 Å². The number of rotatable bonds is 2. The summed E-state index contributed by atoms with van der Waals surface area (Å²) in [6.07, 6.45) is -7.06. The Morgan fingerprint density at radius 2 is 1.50 bits per heavy atom. The molecule has 7 heteroatoms. The van der Waals surface area contributed by atoms with Crippen molar-refractivity contribution in [3.63, 3.8) is 0 Å². The first-order chi connectivity index (χ1) is 11.3. The van der Waals surface area contributed by atoms with Gasteiger partial charge in [-0.3, -0.25) is 0 Å². The normalized spacial score (nSPS) is 18.4. The van der Waals surface area contributed by atoms with E-state index in [9.17, 15) is 22.0 Å². The van der Waals surface area contributed by atoms with Crippen LogP contribution in [-0.2, 0) is 10.9 Å². The molecule has 0 spiro atoms. The van der Waals surface area contributed by atoms with Gasteiger partial charge in [0.15, 0.2) is 5.71 Å². The topological polar surface area (TPSA) is 21.6 Å². The smallest absolute Gasteiger partial charge is 0.427 e. The summed E-state index contributed by atoms with van der Waals surface area (Å²) in [6, 6.07) is 11.9. The molecule has 0 aliphatic carbocycles. The third-order valence-electron chi connectivity index (χ3n) is 3.31. The largest absolute Gasteiger partial charge is 0.444 e. The van der Waals surface area contributed by atoms with Crippen molar-refractivity contribution in [1.29, 1.82) is 0 Å². The van der Waals surface area contributed by atoms with E-state index in [-0.39, 0.29) is 11.4 Å². The number of halogens is 5. The number of alkyl halides is 5. The molecule has 1 aliphatic rings. The molecule has 1 heterocycles. The van der Waals surface area contributed by atoms with Crippen molar-refractivity contribution in [2.24, 2.45) is 4.99 Å². The van der Waals surface area contributed by atoms with E-state index in [4.69, 9.17) is 0 Å². The highest BCUT2D eigenvalue weighted by atomic mass is 19.4. The standard InChI is InChI=1S/C17H10F5NO/c18-16(19,20)12-6-8-13(9-7-12)23-15-10-14(24-17(15,21)22)11-4-2-1-3-5-11/h1-10H. The molecule has 0 saturated carbocycles. The molecular formula is C17H10F5NO. The van der Waals surface area contributed by atoms with Gasteiger partial charge in [0.1, 0.15) is 5.76 Å². The van der Waals surface area contributed by atoms with Crippen LogP contribution in [-0.4, -0.2) is 11.8 Å². The Balaban J connectivity index is 1.92. The Bertz CT molecular complexity index is 792. The summed E-state index contributed by atoms with van der Waals surface area (Å²) >= 11 is 0. The molecule has 0 radical (unpaired) electrons. The first kappa shape index (κ1) is 16.2. The number of hydrogen-bond acceptors (Lipinski definition) is 2. The second-order valence-corrected chi connectivity index (χ2v) is 5.04. The van der Waals surface area contributed by atoms with Crippen LogP contribution in [0.3, 0.4) is 0 Å². The van der Waals surface area contributed by atoms with Crippen LogP contribution in [0.15, 0.2) is 65.7 Å². The fourth-order valence-electron chi connectivity index (χ4n) is 2.13. The fraction of sp³-hybridized carbons (Fsp3) is 0.118. The summed E-state index contributed by atoms with van der Waals surface area (Å²) in [7, 11) is 0. The van der Waals surface area contributed by atoms with Crippen molar-refractivity contribution < 1.29 is 26.7 Å². The zero-order valence-corrected chi connectivity index (χ0v) is 12.0. The van der Waals surface area contributed by atoms with E-state index >= 15 is 0 Å². The van der Waals surface area contributed by atoms with Crippen molar-refractivity contribution >= 4 is 17.2 Å². The molecule has 0 unspecified atom stereocenters. The average Bonchev–Trinajstić information content (AvgIpc) is 2.83.